The summed E-state index contributed by atoms with van der Waals surface area (Å²) in [6, 6.07) is 6.05. The van der Waals surface area contributed by atoms with Crippen molar-refractivity contribution in [1.82, 2.24) is 4.48 Å². The van der Waals surface area contributed by atoms with Crippen LogP contribution in [-0.2, 0) is 0 Å². The minimum absolute atomic E-state index is 0.599. The van der Waals surface area contributed by atoms with Crippen molar-refractivity contribution in [1.29, 1.82) is 0 Å². The summed E-state index contributed by atoms with van der Waals surface area (Å²) in [5.41, 5.74) is 8.53. The van der Waals surface area contributed by atoms with E-state index in [1.165, 1.54) is 8.96 Å². The molecule has 1 aromatic heterocycles. The van der Waals surface area contributed by atoms with Crippen LogP contribution in [0.3, 0.4) is 0 Å². The minimum Gasteiger partial charge on any atom is -0.393 e. The lowest BCUT2D eigenvalue weighted by Gasteiger charge is -2.34. The highest BCUT2D eigenvalue weighted by molar-refractivity contribution is 14.1. The van der Waals surface area contributed by atoms with Crippen molar-refractivity contribution >= 4 is 40.8 Å². The van der Waals surface area contributed by atoms with Gasteiger partial charge >= 0.3 is 6.97 Å². The molecule has 0 fully saturated rings. The van der Waals surface area contributed by atoms with Gasteiger partial charge in [0.15, 0.2) is 5.70 Å². The number of fused-ring (bicyclic) bond motifs is 2. The molecule has 0 saturated heterocycles. The Hall–Kier alpha value is -1.70. The van der Waals surface area contributed by atoms with E-state index < -0.39 is 6.97 Å². The van der Waals surface area contributed by atoms with Gasteiger partial charge in [0, 0.05) is 27.8 Å². The van der Waals surface area contributed by atoms with Crippen LogP contribution < -0.4 is 0 Å². The average molecular weight is 478 g/mol. The number of hydrogen-bond donors (Lipinski definition) is 0. The second-order valence-corrected chi connectivity index (χ2v) is 8.86. The van der Waals surface area contributed by atoms with E-state index in [1.54, 1.807) is 13.8 Å². The highest BCUT2D eigenvalue weighted by atomic mass is 127. The van der Waals surface area contributed by atoms with Gasteiger partial charge in [-0.1, -0.05) is 6.07 Å². The van der Waals surface area contributed by atoms with Crippen molar-refractivity contribution in [2.75, 3.05) is 0 Å². The highest BCUT2D eigenvalue weighted by Gasteiger charge is 2.55. The SMILES string of the molecule is CC1=CC(C)=[N+]2C1=C(c1c(C)ccc(I)c1C)c1c(C)cc(C)n1[B-]2(F)F. The Balaban J connectivity index is 2.25. The van der Waals surface area contributed by atoms with E-state index in [-0.39, 0.29) is 0 Å². The van der Waals surface area contributed by atoms with E-state index >= 15 is 8.63 Å². The zero-order valence-corrected chi connectivity index (χ0v) is 18.6. The van der Waals surface area contributed by atoms with Gasteiger partial charge in [-0.25, -0.2) is 0 Å². The summed E-state index contributed by atoms with van der Waals surface area (Å²) < 4.78 is 35.0. The zero-order chi connectivity index (χ0) is 19.8. The Labute approximate surface area is 172 Å². The molecule has 0 unspecified atom stereocenters. The summed E-state index contributed by atoms with van der Waals surface area (Å²) in [6.45, 7) is 7.64. The molecule has 0 spiro atoms. The first-order chi connectivity index (χ1) is 12.6. The lowest BCUT2D eigenvalue weighted by molar-refractivity contribution is -0.363. The molecular weight excluding hydrogens is 456 g/mol. The van der Waals surface area contributed by atoms with Crippen LogP contribution >= 0.6 is 22.6 Å². The second kappa shape index (κ2) is 5.90. The molecule has 2 aliphatic rings. The molecular formula is C21H22BF2IN2. The summed E-state index contributed by atoms with van der Waals surface area (Å²) in [7, 11) is 0. The number of hydrogen-bond acceptors (Lipinski definition) is 0. The Morgan fingerprint density at radius 1 is 1.00 bits per heavy atom. The largest absolute Gasteiger partial charge is 0.737 e. The molecule has 0 saturated carbocycles. The molecule has 3 heterocycles. The molecule has 4 rings (SSSR count). The molecule has 0 radical (unpaired) electrons. The number of allylic oxidation sites excluding steroid dienone is 2. The van der Waals surface area contributed by atoms with Crippen LogP contribution in [0.5, 0.6) is 0 Å². The molecule has 6 heteroatoms. The fourth-order valence-corrected chi connectivity index (χ4v) is 5.19. The van der Waals surface area contributed by atoms with Crippen molar-refractivity contribution in [3.63, 3.8) is 0 Å². The summed E-state index contributed by atoms with van der Waals surface area (Å²) in [5.74, 6) is 0. The molecule has 0 bridgehead atoms. The summed E-state index contributed by atoms with van der Waals surface area (Å²) in [4.78, 5) is 0. The van der Waals surface area contributed by atoms with E-state index in [0.717, 1.165) is 37.0 Å². The molecule has 27 heavy (non-hydrogen) atoms. The predicted molar refractivity (Wildman–Crippen MR) is 117 cm³/mol. The third-order valence-electron chi connectivity index (χ3n) is 5.79. The topological polar surface area (TPSA) is 7.94 Å². The number of aryl methyl sites for hydroxylation is 3. The quantitative estimate of drug-likeness (QED) is 0.364. The van der Waals surface area contributed by atoms with Crippen LogP contribution in [0.1, 0.15) is 47.5 Å². The molecule has 2 aromatic rings. The van der Waals surface area contributed by atoms with Crippen molar-refractivity contribution in [3.05, 3.63) is 72.8 Å². The van der Waals surface area contributed by atoms with Gasteiger partial charge in [-0.3, -0.25) is 0 Å². The fraction of sp³-hybridized carbons (Fsp3) is 0.286. The first kappa shape index (κ1) is 18.7. The first-order valence-electron chi connectivity index (χ1n) is 9.10. The number of benzene rings is 1. The molecule has 2 nitrogen and oxygen atoms in total. The van der Waals surface area contributed by atoms with Crippen molar-refractivity contribution in [2.24, 2.45) is 0 Å². The third kappa shape index (κ3) is 2.38. The van der Waals surface area contributed by atoms with Gasteiger partial charge in [-0.05, 0) is 97.3 Å². The fourth-order valence-electron chi connectivity index (χ4n) is 4.74. The van der Waals surface area contributed by atoms with Gasteiger partial charge < -0.3 is 17.6 Å². The third-order valence-corrected chi connectivity index (χ3v) is 6.96. The summed E-state index contributed by atoms with van der Waals surface area (Å²) in [5, 5.41) is 0. The van der Waals surface area contributed by atoms with Gasteiger partial charge in [-0.2, -0.15) is 0 Å². The maximum atomic E-state index is 15.7. The second-order valence-electron chi connectivity index (χ2n) is 7.70. The van der Waals surface area contributed by atoms with Gasteiger partial charge in [0.25, 0.3) is 0 Å². The number of nitrogens with zero attached hydrogens (tertiary/aromatic N) is 2. The zero-order valence-electron chi connectivity index (χ0n) is 16.4. The van der Waals surface area contributed by atoms with Crippen LogP contribution in [0.15, 0.2) is 35.5 Å². The Morgan fingerprint density at radius 2 is 1.67 bits per heavy atom. The van der Waals surface area contributed by atoms with E-state index in [2.05, 4.69) is 48.6 Å². The molecule has 0 N–H and O–H groups in total. The molecule has 0 aliphatic carbocycles. The number of rotatable bonds is 1. The smallest absolute Gasteiger partial charge is 0.393 e. The molecule has 140 valence electrons. The Kier molecular flexibility index (Phi) is 4.08. The van der Waals surface area contributed by atoms with Crippen LogP contribution in [0, 0.1) is 31.3 Å². The van der Waals surface area contributed by atoms with Crippen molar-refractivity contribution < 1.29 is 13.1 Å². The first-order valence-corrected chi connectivity index (χ1v) is 10.2. The van der Waals surface area contributed by atoms with Crippen molar-refractivity contribution in [2.45, 2.75) is 41.5 Å². The number of halogens is 3. The van der Waals surface area contributed by atoms with E-state index in [0.29, 0.717) is 22.8 Å². The van der Waals surface area contributed by atoms with Gasteiger partial charge in [0.05, 0.1) is 5.57 Å². The molecule has 1 aromatic carbocycles. The Morgan fingerprint density at radius 3 is 2.33 bits per heavy atom. The maximum absolute atomic E-state index is 15.7. The van der Waals surface area contributed by atoms with E-state index in [4.69, 9.17) is 0 Å². The number of aromatic nitrogens is 1. The van der Waals surface area contributed by atoms with Crippen LogP contribution in [0.4, 0.5) is 8.63 Å². The predicted octanol–water partition coefficient (Wildman–Crippen LogP) is 5.76. The average Bonchev–Trinajstić information content (AvgIpc) is 3.04. The van der Waals surface area contributed by atoms with Crippen molar-refractivity contribution in [3.8, 4) is 0 Å². The monoisotopic (exact) mass is 478 g/mol. The van der Waals surface area contributed by atoms with E-state index in [9.17, 15) is 0 Å². The Bertz CT molecular complexity index is 1120. The summed E-state index contributed by atoms with van der Waals surface area (Å²) in [6.07, 6.45) is 1.88. The lowest BCUT2D eigenvalue weighted by atomic mass is 9.81. The van der Waals surface area contributed by atoms with Gasteiger partial charge in [0.1, 0.15) is 5.71 Å². The molecule has 2 aliphatic heterocycles. The molecule has 0 atom stereocenters. The van der Waals surface area contributed by atoms with Crippen LogP contribution in [0.2, 0.25) is 0 Å². The normalized spacial score (nSPS) is 18.0. The maximum Gasteiger partial charge on any atom is 0.737 e. The minimum atomic E-state index is -3.92. The van der Waals surface area contributed by atoms with Crippen LogP contribution in [0.25, 0.3) is 5.57 Å². The summed E-state index contributed by atoms with van der Waals surface area (Å²) >= 11 is 2.33. The lowest BCUT2D eigenvalue weighted by Crippen LogP contribution is -2.51. The standard InChI is InChI=1S/C21H22BF2IN2/c1-11-7-8-17(25)16(6)18(11)19-20-12(2)9-14(4)26(20)22(23,24)27-15(5)10-13(3)21(19)27/h7-10H,1-6H3. The van der Waals surface area contributed by atoms with E-state index in [1.807, 2.05) is 26.0 Å². The highest BCUT2D eigenvalue weighted by Crippen LogP contribution is 2.45. The van der Waals surface area contributed by atoms with Crippen LogP contribution in [-0.4, -0.2) is 21.6 Å². The van der Waals surface area contributed by atoms with Gasteiger partial charge in [0.2, 0.25) is 0 Å². The molecule has 0 amide bonds. The van der Waals surface area contributed by atoms with Gasteiger partial charge in [-0.15, -0.1) is 0 Å².